The Balaban J connectivity index is 2.83. The van der Waals surface area contributed by atoms with Gasteiger partial charge in [-0.05, 0) is 34.4 Å². The van der Waals surface area contributed by atoms with E-state index < -0.39 is 0 Å². The van der Waals surface area contributed by atoms with Crippen LogP contribution in [0.5, 0.6) is 0 Å². The van der Waals surface area contributed by atoms with Crippen LogP contribution in [-0.4, -0.2) is 9.97 Å². The molecule has 0 aromatic carbocycles. The van der Waals surface area contributed by atoms with Crippen LogP contribution in [0.2, 0.25) is 0 Å². The van der Waals surface area contributed by atoms with E-state index in [-0.39, 0.29) is 0 Å². The summed E-state index contributed by atoms with van der Waals surface area (Å²) in [6.45, 7) is 6.64. The Morgan fingerprint density at radius 2 is 2.08 bits per heavy atom. The molecule has 0 amide bonds. The fraction of sp³-hybridized carbons (Fsp3) is 0.556. The van der Waals surface area contributed by atoms with Gasteiger partial charge in [0.05, 0.1) is 9.26 Å². The molecule has 1 rings (SSSR count). The Kier molecular flexibility index (Phi) is 3.04. The van der Waals surface area contributed by atoms with E-state index in [1.807, 2.05) is 6.20 Å². The fourth-order valence-corrected chi connectivity index (χ4v) is 1.46. The molecule has 1 heterocycles. The molecular formula is C9H13IN2. The van der Waals surface area contributed by atoms with Gasteiger partial charge < -0.3 is 0 Å². The quantitative estimate of drug-likeness (QED) is 0.737. The van der Waals surface area contributed by atoms with Crippen LogP contribution in [0.1, 0.15) is 26.5 Å². The van der Waals surface area contributed by atoms with Crippen molar-refractivity contribution in [2.45, 2.75) is 27.2 Å². The summed E-state index contributed by atoms with van der Waals surface area (Å²) in [5.74, 6) is 0. The van der Waals surface area contributed by atoms with Crippen molar-refractivity contribution in [3.8, 4) is 0 Å². The molecule has 1 aromatic heterocycles. The summed E-state index contributed by atoms with van der Waals surface area (Å²) in [6, 6.07) is 0. The standard InChI is InChI=1S/C9H13IN2/c1-9(2,3)4-8-7(10)5-11-6-12-8/h5-6H,4H2,1-3H3. The zero-order chi connectivity index (χ0) is 9.19. The Bertz CT molecular complexity index is 265. The first-order valence-corrected chi connectivity index (χ1v) is 5.01. The molecule has 0 saturated carbocycles. The monoisotopic (exact) mass is 276 g/mol. The highest BCUT2D eigenvalue weighted by atomic mass is 127. The largest absolute Gasteiger partial charge is 0.244 e. The molecule has 12 heavy (non-hydrogen) atoms. The molecule has 0 N–H and O–H groups in total. The van der Waals surface area contributed by atoms with Crippen LogP contribution in [0.4, 0.5) is 0 Å². The van der Waals surface area contributed by atoms with Crippen LogP contribution < -0.4 is 0 Å². The van der Waals surface area contributed by atoms with Gasteiger partial charge in [0, 0.05) is 6.20 Å². The van der Waals surface area contributed by atoms with E-state index in [0.717, 1.165) is 15.7 Å². The lowest BCUT2D eigenvalue weighted by Crippen LogP contribution is -2.11. The Labute approximate surface area is 87.0 Å². The maximum absolute atomic E-state index is 4.25. The molecule has 0 atom stereocenters. The van der Waals surface area contributed by atoms with Gasteiger partial charge in [-0.3, -0.25) is 0 Å². The lowest BCUT2D eigenvalue weighted by molar-refractivity contribution is 0.405. The highest BCUT2D eigenvalue weighted by molar-refractivity contribution is 14.1. The molecule has 66 valence electrons. The van der Waals surface area contributed by atoms with Crippen molar-refractivity contribution in [3.63, 3.8) is 0 Å². The zero-order valence-electron chi connectivity index (χ0n) is 7.63. The highest BCUT2D eigenvalue weighted by Gasteiger charge is 2.13. The van der Waals surface area contributed by atoms with Crippen LogP contribution in [0.15, 0.2) is 12.5 Å². The minimum Gasteiger partial charge on any atom is -0.244 e. The molecule has 0 saturated heterocycles. The first kappa shape index (κ1) is 9.89. The van der Waals surface area contributed by atoms with Gasteiger partial charge in [-0.1, -0.05) is 20.8 Å². The van der Waals surface area contributed by atoms with Gasteiger partial charge in [-0.15, -0.1) is 0 Å². The predicted octanol–water partition coefficient (Wildman–Crippen LogP) is 2.67. The molecule has 0 fully saturated rings. The van der Waals surface area contributed by atoms with E-state index in [0.29, 0.717) is 5.41 Å². The smallest absolute Gasteiger partial charge is 0.115 e. The Morgan fingerprint density at radius 1 is 1.42 bits per heavy atom. The van der Waals surface area contributed by atoms with Crippen molar-refractivity contribution in [2.75, 3.05) is 0 Å². The molecule has 1 aromatic rings. The Hall–Kier alpha value is -0.190. The lowest BCUT2D eigenvalue weighted by Gasteiger charge is -2.17. The first-order chi connectivity index (χ1) is 5.49. The van der Waals surface area contributed by atoms with Crippen molar-refractivity contribution in [1.82, 2.24) is 9.97 Å². The van der Waals surface area contributed by atoms with Gasteiger partial charge in [0.1, 0.15) is 6.33 Å². The van der Waals surface area contributed by atoms with Crippen molar-refractivity contribution in [2.24, 2.45) is 5.41 Å². The highest BCUT2D eigenvalue weighted by Crippen LogP contribution is 2.21. The first-order valence-electron chi connectivity index (χ1n) is 3.93. The summed E-state index contributed by atoms with van der Waals surface area (Å²) in [5.41, 5.74) is 1.45. The maximum Gasteiger partial charge on any atom is 0.115 e. The summed E-state index contributed by atoms with van der Waals surface area (Å²) in [5, 5.41) is 0. The van der Waals surface area contributed by atoms with Crippen molar-refractivity contribution in [3.05, 3.63) is 21.8 Å². The molecule has 0 unspecified atom stereocenters. The second kappa shape index (κ2) is 3.68. The van der Waals surface area contributed by atoms with E-state index in [2.05, 4.69) is 53.3 Å². The maximum atomic E-state index is 4.25. The number of rotatable bonds is 1. The van der Waals surface area contributed by atoms with E-state index in [1.165, 1.54) is 0 Å². The van der Waals surface area contributed by atoms with Crippen molar-refractivity contribution >= 4 is 22.6 Å². The second-order valence-electron chi connectivity index (χ2n) is 4.05. The van der Waals surface area contributed by atoms with Crippen molar-refractivity contribution < 1.29 is 0 Å². The minimum atomic E-state index is 0.300. The van der Waals surface area contributed by atoms with Gasteiger partial charge in [-0.2, -0.15) is 0 Å². The van der Waals surface area contributed by atoms with Crippen LogP contribution in [0, 0.1) is 8.99 Å². The SMILES string of the molecule is CC(C)(C)Cc1ncncc1I. The molecule has 0 radical (unpaired) electrons. The van der Waals surface area contributed by atoms with E-state index >= 15 is 0 Å². The summed E-state index contributed by atoms with van der Waals surface area (Å²) in [6.07, 6.45) is 4.48. The number of hydrogen-bond acceptors (Lipinski definition) is 2. The van der Waals surface area contributed by atoms with E-state index in [9.17, 15) is 0 Å². The normalized spacial score (nSPS) is 11.7. The number of aromatic nitrogens is 2. The predicted molar refractivity (Wildman–Crippen MR) is 57.9 cm³/mol. The van der Waals surface area contributed by atoms with E-state index in [1.54, 1.807) is 6.33 Å². The average molecular weight is 276 g/mol. The van der Waals surface area contributed by atoms with Gasteiger partial charge in [-0.25, -0.2) is 9.97 Å². The van der Waals surface area contributed by atoms with Crippen LogP contribution in [0.25, 0.3) is 0 Å². The molecule has 0 aliphatic heterocycles. The molecular weight excluding hydrogens is 263 g/mol. The fourth-order valence-electron chi connectivity index (χ4n) is 0.970. The number of halogens is 1. The molecule has 2 nitrogen and oxygen atoms in total. The van der Waals surface area contributed by atoms with E-state index in [4.69, 9.17) is 0 Å². The molecule has 0 aliphatic carbocycles. The molecule has 3 heteroatoms. The summed E-state index contributed by atoms with van der Waals surface area (Å²) in [4.78, 5) is 8.20. The van der Waals surface area contributed by atoms with Crippen LogP contribution >= 0.6 is 22.6 Å². The summed E-state index contributed by atoms with van der Waals surface area (Å²) < 4.78 is 1.16. The number of hydrogen-bond donors (Lipinski definition) is 0. The zero-order valence-corrected chi connectivity index (χ0v) is 9.79. The summed E-state index contributed by atoms with van der Waals surface area (Å²) >= 11 is 2.28. The topological polar surface area (TPSA) is 25.8 Å². The lowest BCUT2D eigenvalue weighted by atomic mass is 9.90. The average Bonchev–Trinajstić information content (AvgIpc) is 1.91. The van der Waals surface area contributed by atoms with Gasteiger partial charge in [0.2, 0.25) is 0 Å². The molecule has 0 bridgehead atoms. The van der Waals surface area contributed by atoms with Gasteiger partial charge in [0.25, 0.3) is 0 Å². The third-order valence-electron chi connectivity index (χ3n) is 1.44. The van der Waals surface area contributed by atoms with Crippen LogP contribution in [0.3, 0.4) is 0 Å². The molecule has 0 aliphatic rings. The van der Waals surface area contributed by atoms with Crippen LogP contribution in [-0.2, 0) is 6.42 Å². The molecule has 0 spiro atoms. The summed E-state index contributed by atoms with van der Waals surface area (Å²) in [7, 11) is 0. The van der Waals surface area contributed by atoms with Gasteiger partial charge in [0.15, 0.2) is 0 Å². The second-order valence-corrected chi connectivity index (χ2v) is 5.22. The number of nitrogens with zero attached hydrogens (tertiary/aromatic N) is 2. The third-order valence-corrected chi connectivity index (χ3v) is 2.34. The van der Waals surface area contributed by atoms with Crippen molar-refractivity contribution in [1.29, 1.82) is 0 Å². The Morgan fingerprint density at radius 3 is 2.58 bits per heavy atom. The van der Waals surface area contributed by atoms with Gasteiger partial charge >= 0.3 is 0 Å². The third kappa shape index (κ3) is 3.05. The minimum absolute atomic E-state index is 0.300.